The summed E-state index contributed by atoms with van der Waals surface area (Å²) in [5.74, 6) is 0. The van der Waals surface area contributed by atoms with Gasteiger partial charge in [-0.3, -0.25) is 0 Å². The summed E-state index contributed by atoms with van der Waals surface area (Å²) < 4.78 is 16.8. The Labute approximate surface area is 429 Å². The van der Waals surface area contributed by atoms with E-state index in [0.29, 0.717) is 0 Å². The third kappa shape index (κ3) is 17.6. The van der Waals surface area contributed by atoms with Crippen LogP contribution in [0.25, 0.3) is 84.2 Å². The van der Waals surface area contributed by atoms with Gasteiger partial charge in [0.2, 0.25) is 0 Å². The van der Waals surface area contributed by atoms with Crippen LogP contribution in [0.1, 0.15) is 122 Å². The number of benzene rings is 8. The van der Waals surface area contributed by atoms with Crippen molar-refractivity contribution in [1.82, 2.24) is 0 Å². The van der Waals surface area contributed by atoms with Crippen LogP contribution in [0.2, 0.25) is 0 Å². The highest BCUT2D eigenvalue weighted by atomic mass is 32.1. The molecule has 0 aliphatic rings. The first-order valence-corrected chi connectivity index (χ1v) is 27.4. The van der Waals surface area contributed by atoms with E-state index < -0.39 is 0 Å². The normalized spacial score (nSPS) is 9.77. The van der Waals surface area contributed by atoms with Crippen LogP contribution in [0.15, 0.2) is 203 Å². The molecule has 0 spiro atoms. The highest BCUT2D eigenvalue weighted by molar-refractivity contribution is 7.26. The molecule has 0 fully saturated rings. The van der Waals surface area contributed by atoms with Crippen LogP contribution in [0, 0.1) is 0 Å². The molecule has 0 amide bonds. The number of furan rings is 2. The van der Waals surface area contributed by atoms with E-state index in [1.165, 1.54) is 100 Å². The van der Waals surface area contributed by atoms with Crippen LogP contribution >= 0.6 is 22.7 Å². The Hall–Kier alpha value is -6.20. The Bertz CT molecular complexity index is 2580. The molecule has 2 nitrogen and oxygen atoms in total. The number of rotatable bonds is 0. The van der Waals surface area contributed by atoms with E-state index in [1.807, 2.05) is 95.5 Å². The fourth-order valence-corrected chi connectivity index (χ4v) is 8.91. The summed E-state index contributed by atoms with van der Waals surface area (Å²) in [7, 11) is 0. The van der Waals surface area contributed by atoms with Crippen molar-refractivity contribution < 1.29 is 8.83 Å². The zero-order valence-corrected chi connectivity index (χ0v) is 46.0. The second-order valence-corrected chi connectivity index (χ2v) is 18.8. The van der Waals surface area contributed by atoms with Gasteiger partial charge in [0.05, 0.1) is 0 Å². The monoisotopic (exact) mass is 969 g/mol. The summed E-state index contributed by atoms with van der Waals surface area (Å²) in [6.07, 6.45) is 7.50. The van der Waals surface area contributed by atoms with E-state index in [0.717, 1.165) is 22.3 Å². The molecular weight excluding hydrogens is 889 g/mol. The Morgan fingerprint density at radius 1 is 0.214 bits per heavy atom. The van der Waals surface area contributed by atoms with Gasteiger partial charge in [0.1, 0.15) is 22.3 Å². The lowest BCUT2D eigenvalue weighted by atomic mass is 10.2. The fraction of sp³-hybridized carbons (Fsp3) is 0.273. The molecule has 70 heavy (non-hydrogen) atoms. The lowest BCUT2D eigenvalue weighted by Gasteiger charge is -1.88. The summed E-state index contributed by atoms with van der Waals surface area (Å²) in [4.78, 5) is 0. The smallest absolute Gasteiger partial charge is 0.135 e. The molecule has 0 atom stereocenters. The number of hydrogen-bond donors (Lipinski definition) is 0. The average molecular weight is 969 g/mol. The van der Waals surface area contributed by atoms with Gasteiger partial charge in [0.15, 0.2) is 0 Å². The maximum atomic E-state index is 5.65. The van der Waals surface area contributed by atoms with E-state index in [1.54, 1.807) is 0 Å². The summed E-state index contributed by atoms with van der Waals surface area (Å²) in [5.41, 5.74) is 3.85. The first kappa shape index (κ1) is 58.1. The van der Waals surface area contributed by atoms with Crippen molar-refractivity contribution in [2.75, 3.05) is 0 Å². The van der Waals surface area contributed by atoms with E-state index >= 15 is 0 Å². The summed E-state index contributed by atoms with van der Waals surface area (Å²) in [5, 5.41) is 10.3. The molecule has 0 aliphatic carbocycles. The maximum Gasteiger partial charge on any atom is 0.135 e. The summed E-state index contributed by atoms with van der Waals surface area (Å²) >= 11 is 3.72. The van der Waals surface area contributed by atoms with Gasteiger partial charge >= 0.3 is 0 Å². The van der Waals surface area contributed by atoms with Crippen molar-refractivity contribution >= 4 is 107 Å². The van der Waals surface area contributed by atoms with Crippen LogP contribution in [0.4, 0.5) is 0 Å². The zero-order valence-electron chi connectivity index (χ0n) is 44.4. The number of fused-ring (bicyclic) bond motifs is 12. The third-order valence-electron chi connectivity index (χ3n) is 9.14. The van der Waals surface area contributed by atoms with Crippen LogP contribution in [0.5, 0.6) is 0 Å². The second-order valence-electron chi connectivity index (χ2n) is 16.6. The number of para-hydroxylation sites is 4. The van der Waals surface area contributed by atoms with Crippen molar-refractivity contribution in [2.45, 2.75) is 122 Å². The van der Waals surface area contributed by atoms with E-state index in [2.05, 4.69) is 204 Å². The number of thiophene rings is 2. The van der Waals surface area contributed by atoms with Gasteiger partial charge in [-0.1, -0.05) is 267 Å². The van der Waals surface area contributed by atoms with Gasteiger partial charge in [0, 0.05) is 61.9 Å². The van der Waals surface area contributed by atoms with E-state index in [-0.39, 0.29) is 0 Å². The van der Waals surface area contributed by atoms with Crippen molar-refractivity contribution in [3.05, 3.63) is 194 Å². The zero-order chi connectivity index (χ0) is 50.9. The molecule has 368 valence electrons. The molecule has 0 N–H and O–H groups in total. The minimum absolute atomic E-state index is 0.962. The van der Waals surface area contributed by atoms with Gasteiger partial charge in [-0.2, -0.15) is 0 Å². The summed E-state index contributed by atoms with van der Waals surface area (Å²) in [6, 6.07) is 66.7. The minimum atomic E-state index is 0.962. The van der Waals surface area contributed by atoms with Gasteiger partial charge in [-0.15, -0.1) is 22.7 Å². The SMILES string of the molecule is CCC.CCC.CCC.CCC.CCC.CCC.c1ccc2c(c1)oc1ccccc12.c1ccc2c(c1)oc1ccccc12.c1ccc2c(c1)sc1ccccc12.c1ccc2c(c1)sc1ccccc12. The minimum Gasteiger partial charge on any atom is -0.456 e. The lowest BCUT2D eigenvalue weighted by Crippen LogP contribution is -1.62. The number of hydrogen-bond acceptors (Lipinski definition) is 4. The van der Waals surface area contributed by atoms with Crippen molar-refractivity contribution in [3.63, 3.8) is 0 Å². The molecule has 12 aromatic rings. The molecule has 8 aromatic carbocycles. The molecule has 4 heteroatoms. The van der Waals surface area contributed by atoms with Gasteiger partial charge < -0.3 is 8.83 Å². The van der Waals surface area contributed by atoms with Crippen LogP contribution in [0.3, 0.4) is 0 Å². The molecule has 4 aromatic heterocycles. The van der Waals surface area contributed by atoms with Gasteiger partial charge in [0.25, 0.3) is 0 Å². The first-order chi connectivity index (χ1) is 34.3. The standard InChI is InChI=1S/2C12H8O.2C12H8S.6C3H8/c4*1-3-7-11-9(5-1)10-6-2-4-8-12(10)13-11;6*1-3-2/h4*1-8H;6*3H2,1-2H3. The molecule has 0 saturated carbocycles. The quantitative estimate of drug-likeness (QED) is 0.151. The highest BCUT2D eigenvalue weighted by Crippen LogP contribution is 2.34. The molecule has 0 aliphatic heterocycles. The van der Waals surface area contributed by atoms with Crippen molar-refractivity contribution in [1.29, 1.82) is 0 Å². The van der Waals surface area contributed by atoms with Crippen molar-refractivity contribution in [2.24, 2.45) is 0 Å². The van der Waals surface area contributed by atoms with Crippen LogP contribution in [-0.2, 0) is 0 Å². The van der Waals surface area contributed by atoms with Crippen LogP contribution < -0.4 is 0 Å². The molecule has 0 bridgehead atoms. The Morgan fingerprint density at radius 2 is 0.357 bits per heavy atom. The third-order valence-corrected chi connectivity index (χ3v) is 11.4. The highest BCUT2D eigenvalue weighted by Gasteiger charge is 2.05. The molecule has 12 rings (SSSR count). The Kier molecular flexibility index (Phi) is 28.4. The van der Waals surface area contributed by atoms with E-state index in [4.69, 9.17) is 8.83 Å². The maximum absolute atomic E-state index is 5.65. The Morgan fingerprint density at radius 3 is 0.543 bits per heavy atom. The molecular formula is C66H80O2S2. The van der Waals surface area contributed by atoms with Crippen LogP contribution in [-0.4, -0.2) is 0 Å². The van der Waals surface area contributed by atoms with E-state index in [9.17, 15) is 0 Å². The topological polar surface area (TPSA) is 26.3 Å². The molecule has 4 heterocycles. The van der Waals surface area contributed by atoms with Gasteiger partial charge in [-0.25, -0.2) is 0 Å². The fourth-order valence-electron chi connectivity index (χ4n) is 6.70. The van der Waals surface area contributed by atoms with Gasteiger partial charge in [-0.05, 0) is 48.5 Å². The lowest BCUT2D eigenvalue weighted by molar-refractivity contribution is 0.668. The molecule has 0 saturated heterocycles. The predicted molar refractivity (Wildman–Crippen MR) is 322 cm³/mol. The molecule has 0 unspecified atom stereocenters. The first-order valence-electron chi connectivity index (χ1n) is 25.7. The predicted octanol–water partition coefficient (Wildman–Crippen LogP) is 23.8. The average Bonchev–Trinajstić information content (AvgIpc) is 4.16. The summed E-state index contributed by atoms with van der Waals surface area (Å²) in [6.45, 7) is 25.5. The largest absolute Gasteiger partial charge is 0.456 e. The Balaban J connectivity index is 0.000000222. The second kappa shape index (κ2) is 34.2. The van der Waals surface area contributed by atoms with Crippen molar-refractivity contribution in [3.8, 4) is 0 Å². The molecule has 0 radical (unpaired) electrons.